The molecule has 0 amide bonds. The van der Waals surface area contributed by atoms with Crippen molar-refractivity contribution in [1.82, 2.24) is 0 Å². The molecule has 2 aromatic carbocycles. The van der Waals surface area contributed by atoms with E-state index in [9.17, 15) is 8.78 Å². The number of benzene rings is 2. The van der Waals surface area contributed by atoms with Gasteiger partial charge in [0.2, 0.25) is 0 Å². The van der Waals surface area contributed by atoms with Gasteiger partial charge in [0.25, 0.3) is 0 Å². The van der Waals surface area contributed by atoms with Gasteiger partial charge in [-0.3, -0.25) is 0 Å². The standard InChI is InChI=1S/C17H19F2N/c1-3-11-17(20,13-7-5-4-6-8-13)14-10-9-12(2)15(18)16(14)19/h4-10H,3,11,20H2,1-2H3. The van der Waals surface area contributed by atoms with Gasteiger partial charge in [0.1, 0.15) is 0 Å². The van der Waals surface area contributed by atoms with Gasteiger partial charge in [-0.1, -0.05) is 55.8 Å². The molecule has 0 radical (unpaired) electrons. The minimum Gasteiger partial charge on any atom is -0.318 e. The largest absolute Gasteiger partial charge is 0.318 e. The molecule has 2 aromatic rings. The van der Waals surface area contributed by atoms with Gasteiger partial charge < -0.3 is 5.73 Å². The summed E-state index contributed by atoms with van der Waals surface area (Å²) >= 11 is 0. The molecular weight excluding hydrogens is 256 g/mol. The van der Waals surface area contributed by atoms with Crippen LogP contribution in [0.25, 0.3) is 0 Å². The number of aryl methyl sites for hydroxylation is 1. The molecule has 0 bridgehead atoms. The summed E-state index contributed by atoms with van der Waals surface area (Å²) in [5, 5.41) is 0. The van der Waals surface area contributed by atoms with E-state index >= 15 is 0 Å². The summed E-state index contributed by atoms with van der Waals surface area (Å²) in [6, 6.07) is 12.5. The van der Waals surface area contributed by atoms with Crippen molar-refractivity contribution in [1.29, 1.82) is 0 Å². The Morgan fingerprint density at radius 2 is 1.65 bits per heavy atom. The van der Waals surface area contributed by atoms with Gasteiger partial charge in [-0.05, 0) is 24.5 Å². The van der Waals surface area contributed by atoms with E-state index in [1.165, 1.54) is 0 Å². The van der Waals surface area contributed by atoms with Crippen LogP contribution in [0.15, 0.2) is 42.5 Å². The van der Waals surface area contributed by atoms with Crippen LogP contribution in [0.2, 0.25) is 0 Å². The Morgan fingerprint density at radius 1 is 1.00 bits per heavy atom. The van der Waals surface area contributed by atoms with Crippen LogP contribution in [-0.2, 0) is 5.54 Å². The van der Waals surface area contributed by atoms with Gasteiger partial charge in [-0.25, -0.2) is 8.78 Å². The lowest BCUT2D eigenvalue weighted by Gasteiger charge is -2.31. The summed E-state index contributed by atoms with van der Waals surface area (Å²) in [4.78, 5) is 0. The first kappa shape index (κ1) is 14.7. The molecule has 1 nitrogen and oxygen atoms in total. The molecule has 0 aliphatic rings. The SMILES string of the molecule is CCCC(N)(c1ccccc1)c1ccc(C)c(F)c1F. The van der Waals surface area contributed by atoms with Crippen molar-refractivity contribution in [2.75, 3.05) is 0 Å². The number of hydrogen-bond acceptors (Lipinski definition) is 1. The van der Waals surface area contributed by atoms with Crippen LogP contribution in [0.5, 0.6) is 0 Å². The lowest BCUT2D eigenvalue weighted by Crippen LogP contribution is -2.39. The lowest BCUT2D eigenvalue weighted by atomic mass is 9.79. The van der Waals surface area contributed by atoms with E-state index in [0.717, 1.165) is 12.0 Å². The van der Waals surface area contributed by atoms with Crippen LogP contribution in [0.1, 0.15) is 36.5 Å². The first-order chi connectivity index (χ1) is 9.50. The van der Waals surface area contributed by atoms with E-state index in [0.29, 0.717) is 6.42 Å². The minimum atomic E-state index is -1.01. The van der Waals surface area contributed by atoms with Crippen LogP contribution in [0, 0.1) is 18.6 Å². The zero-order valence-corrected chi connectivity index (χ0v) is 11.8. The third-order valence-electron chi connectivity index (χ3n) is 3.69. The van der Waals surface area contributed by atoms with Gasteiger partial charge in [0, 0.05) is 5.56 Å². The first-order valence-corrected chi connectivity index (χ1v) is 6.80. The molecule has 0 heterocycles. The van der Waals surface area contributed by atoms with Crippen molar-refractivity contribution >= 4 is 0 Å². The highest BCUT2D eigenvalue weighted by molar-refractivity contribution is 5.40. The summed E-state index contributed by atoms with van der Waals surface area (Å²) in [6.45, 7) is 3.52. The average Bonchev–Trinajstić information content (AvgIpc) is 2.46. The fourth-order valence-electron chi connectivity index (χ4n) is 2.55. The van der Waals surface area contributed by atoms with Crippen molar-refractivity contribution in [3.63, 3.8) is 0 Å². The van der Waals surface area contributed by atoms with Crippen LogP contribution < -0.4 is 5.73 Å². The summed E-state index contributed by atoms with van der Waals surface area (Å²) in [5.74, 6) is -1.66. The van der Waals surface area contributed by atoms with Crippen LogP contribution in [0.3, 0.4) is 0 Å². The number of halogens is 2. The summed E-state index contributed by atoms with van der Waals surface area (Å²) in [7, 11) is 0. The molecule has 1 atom stereocenters. The molecule has 0 aliphatic heterocycles. The Kier molecular flexibility index (Phi) is 4.19. The quantitative estimate of drug-likeness (QED) is 0.885. The molecule has 106 valence electrons. The van der Waals surface area contributed by atoms with Crippen molar-refractivity contribution in [2.24, 2.45) is 5.73 Å². The smallest absolute Gasteiger partial charge is 0.164 e. The number of nitrogens with two attached hydrogens (primary N) is 1. The Balaban J connectivity index is 2.63. The molecule has 3 heteroatoms. The highest BCUT2D eigenvalue weighted by Crippen LogP contribution is 2.34. The van der Waals surface area contributed by atoms with Gasteiger partial charge in [0.15, 0.2) is 11.6 Å². The summed E-state index contributed by atoms with van der Waals surface area (Å²) < 4.78 is 28.2. The van der Waals surface area contributed by atoms with Crippen molar-refractivity contribution < 1.29 is 8.78 Å². The van der Waals surface area contributed by atoms with Gasteiger partial charge in [-0.2, -0.15) is 0 Å². The molecule has 2 N–H and O–H groups in total. The van der Waals surface area contributed by atoms with E-state index in [-0.39, 0.29) is 11.1 Å². The van der Waals surface area contributed by atoms with E-state index in [2.05, 4.69) is 0 Å². The topological polar surface area (TPSA) is 26.0 Å². The Bertz CT molecular complexity index is 595. The molecule has 0 spiro atoms. The van der Waals surface area contributed by atoms with Gasteiger partial charge in [0.05, 0.1) is 5.54 Å². The van der Waals surface area contributed by atoms with Gasteiger partial charge in [-0.15, -0.1) is 0 Å². The number of rotatable bonds is 4. The van der Waals surface area contributed by atoms with E-state index in [4.69, 9.17) is 5.73 Å². The van der Waals surface area contributed by atoms with Crippen molar-refractivity contribution in [2.45, 2.75) is 32.2 Å². The Labute approximate surface area is 118 Å². The monoisotopic (exact) mass is 275 g/mol. The predicted molar refractivity (Wildman–Crippen MR) is 77.4 cm³/mol. The fraction of sp³-hybridized carbons (Fsp3) is 0.294. The Hall–Kier alpha value is -1.74. The predicted octanol–water partition coefficient (Wildman–Crippen LogP) is 4.28. The highest BCUT2D eigenvalue weighted by Gasteiger charge is 2.32. The molecule has 0 saturated carbocycles. The van der Waals surface area contributed by atoms with E-state index in [1.807, 2.05) is 37.3 Å². The molecule has 0 aliphatic carbocycles. The molecule has 1 unspecified atom stereocenters. The van der Waals surface area contributed by atoms with Crippen LogP contribution in [0.4, 0.5) is 8.78 Å². The maximum atomic E-state index is 14.3. The third-order valence-corrected chi connectivity index (χ3v) is 3.69. The van der Waals surface area contributed by atoms with Gasteiger partial charge >= 0.3 is 0 Å². The second-order valence-corrected chi connectivity index (χ2v) is 5.15. The zero-order chi connectivity index (χ0) is 14.8. The molecule has 20 heavy (non-hydrogen) atoms. The highest BCUT2D eigenvalue weighted by atomic mass is 19.2. The normalized spacial score (nSPS) is 14.1. The van der Waals surface area contributed by atoms with Crippen LogP contribution >= 0.6 is 0 Å². The maximum absolute atomic E-state index is 14.3. The molecule has 0 fully saturated rings. The average molecular weight is 275 g/mol. The van der Waals surface area contributed by atoms with Crippen molar-refractivity contribution in [3.8, 4) is 0 Å². The lowest BCUT2D eigenvalue weighted by molar-refractivity contribution is 0.428. The minimum absolute atomic E-state index is 0.216. The summed E-state index contributed by atoms with van der Waals surface area (Å²) in [5.41, 5.74) is 6.76. The second kappa shape index (κ2) is 5.71. The first-order valence-electron chi connectivity index (χ1n) is 6.80. The molecular formula is C17H19F2N. The maximum Gasteiger partial charge on any atom is 0.164 e. The molecule has 0 saturated heterocycles. The van der Waals surface area contributed by atoms with E-state index in [1.54, 1.807) is 19.1 Å². The fourth-order valence-corrected chi connectivity index (χ4v) is 2.55. The summed E-state index contributed by atoms with van der Waals surface area (Å²) in [6.07, 6.45) is 1.33. The molecule has 0 aromatic heterocycles. The Morgan fingerprint density at radius 3 is 2.25 bits per heavy atom. The number of hydrogen-bond donors (Lipinski definition) is 1. The molecule has 2 rings (SSSR count). The second-order valence-electron chi connectivity index (χ2n) is 5.15. The van der Waals surface area contributed by atoms with E-state index < -0.39 is 17.2 Å². The van der Waals surface area contributed by atoms with Crippen molar-refractivity contribution in [3.05, 3.63) is 70.8 Å². The van der Waals surface area contributed by atoms with Crippen LogP contribution in [-0.4, -0.2) is 0 Å². The zero-order valence-electron chi connectivity index (χ0n) is 11.8. The third kappa shape index (κ3) is 2.46.